The molecule has 0 spiro atoms. The lowest BCUT2D eigenvalue weighted by Gasteiger charge is -2.26. The van der Waals surface area contributed by atoms with E-state index >= 15 is 0 Å². The van der Waals surface area contributed by atoms with Crippen LogP contribution in [0.5, 0.6) is 0 Å². The summed E-state index contributed by atoms with van der Waals surface area (Å²) in [6, 6.07) is 9.35. The number of furan rings is 1. The van der Waals surface area contributed by atoms with Crippen LogP contribution in [0.25, 0.3) is 11.0 Å². The van der Waals surface area contributed by atoms with E-state index in [0.717, 1.165) is 12.1 Å². The van der Waals surface area contributed by atoms with E-state index in [4.69, 9.17) is 9.15 Å². The average molecular weight is 386 g/mol. The monoisotopic (exact) mass is 386 g/mol. The lowest BCUT2D eigenvalue weighted by atomic mass is 10.1. The van der Waals surface area contributed by atoms with Gasteiger partial charge in [-0.1, -0.05) is 12.1 Å². The first-order valence-corrected chi connectivity index (χ1v) is 8.69. The van der Waals surface area contributed by atoms with Crippen LogP contribution in [0, 0.1) is 11.6 Å². The summed E-state index contributed by atoms with van der Waals surface area (Å²) >= 11 is 0. The number of nitrogens with zero attached hydrogens (tertiary/aromatic N) is 1. The number of carbonyl (C=O) groups excluding carboxylic acids is 2. The molecule has 1 saturated heterocycles. The molecule has 144 valence electrons. The number of ether oxygens (including phenoxy) is 1. The van der Waals surface area contributed by atoms with Gasteiger partial charge in [0.2, 0.25) is 5.76 Å². The molecular weight excluding hydrogens is 370 g/mol. The minimum atomic E-state index is -0.869. The third kappa shape index (κ3) is 3.46. The van der Waals surface area contributed by atoms with Crippen LogP contribution in [-0.4, -0.2) is 43.0 Å². The SMILES string of the molecule is O=C(Nc1c(C(=O)N2CCOCC2)oc2ccccc12)c1cc(F)cc(F)c1. The second kappa shape index (κ2) is 7.40. The Morgan fingerprint density at radius 3 is 2.39 bits per heavy atom. The molecule has 4 rings (SSSR count). The quantitative estimate of drug-likeness (QED) is 0.749. The Morgan fingerprint density at radius 1 is 1.00 bits per heavy atom. The molecule has 3 aromatic rings. The lowest BCUT2D eigenvalue weighted by molar-refractivity contribution is 0.0285. The molecule has 0 radical (unpaired) electrons. The molecule has 1 aliphatic heterocycles. The van der Waals surface area contributed by atoms with E-state index in [2.05, 4.69) is 5.32 Å². The van der Waals surface area contributed by atoms with E-state index in [1.54, 1.807) is 29.2 Å². The molecule has 1 fully saturated rings. The standard InChI is InChI=1S/C20H16F2N2O4/c21-13-9-12(10-14(22)11-13)19(25)23-17-15-3-1-2-4-16(15)28-18(17)20(26)24-5-7-27-8-6-24/h1-4,9-11H,5-8H2,(H,23,25). The first-order valence-electron chi connectivity index (χ1n) is 8.69. The maximum absolute atomic E-state index is 13.5. The average Bonchev–Trinajstić information content (AvgIpc) is 3.06. The van der Waals surface area contributed by atoms with E-state index in [0.29, 0.717) is 43.3 Å². The molecule has 1 aliphatic rings. The van der Waals surface area contributed by atoms with Gasteiger partial charge in [-0.25, -0.2) is 8.78 Å². The Labute approximate surface area is 158 Å². The Bertz CT molecular complexity index is 1040. The molecule has 0 unspecified atom stereocenters. The fourth-order valence-electron chi connectivity index (χ4n) is 3.10. The van der Waals surface area contributed by atoms with E-state index < -0.39 is 17.5 Å². The van der Waals surface area contributed by atoms with Gasteiger partial charge >= 0.3 is 0 Å². The van der Waals surface area contributed by atoms with Crippen LogP contribution in [-0.2, 0) is 4.74 Å². The maximum atomic E-state index is 13.5. The van der Waals surface area contributed by atoms with Crippen molar-refractivity contribution in [3.63, 3.8) is 0 Å². The number of nitrogens with one attached hydrogen (secondary N) is 1. The minimum Gasteiger partial charge on any atom is -0.449 e. The number of hydrogen-bond donors (Lipinski definition) is 1. The summed E-state index contributed by atoms with van der Waals surface area (Å²) in [5.41, 5.74) is 0.383. The number of amides is 2. The topological polar surface area (TPSA) is 71.8 Å². The van der Waals surface area contributed by atoms with Crippen LogP contribution >= 0.6 is 0 Å². The van der Waals surface area contributed by atoms with Crippen LogP contribution in [0.3, 0.4) is 0 Å². The summed E-state index contributed by atoms with van der Waals surface area (Å²) in [5.74, 6) is -2.91. The molecule has 28 heavy (non-hydrogen) atoms. The summed E-state index contributed by atoms with van der Waals surface area (Å²) in [7, 11) is 0. The van der Waals surface area contributed by atoms with Crippen molar-refractivity contribution in [3.8, 4) is 0 Å². The highest BCUT2D eigenvalue weighted by molar-refractivity contribution is 6.14. The molecule has 6 nitrogen and oxygen atoms in total. The minimum absolute atomic E-state index is 0.0340. The zero-order valence-corrected chi connectivity index (χ0v) is 14.7. The maximum Gasteiger partial charge on any atom is 0.291 e. The van der Waals surface area contributed by atoms with Crippen molar-refractivity contribution < 1.29 is 27.5 Å². The number of carbonyl (C=O) groups is 2. The molecule has 0 bridgehead atoms. The number of morpholine rings is 1. The predicted octanol–water partition coefficient (Wildman–Crippen LogP) is 3.44. The van der Waals surface area contributed by atoms with Gasteiger partial charge in [-0.3, -0.25) is 9.59 Å². The van der Waals surface area contributed by atoms with E-state index in [1.165, 1.54) is 0 Å². The van der Waals surface area contributed by atoms with Crippen LogP contribution in [0.1, 0.15) is 20.9 Å². The van der Waals surface area contributed by atoms with Gasteiger partial charge in [0.15, 0.2) is 0 Å². The summed E-state index contributed by atoms with van der Waals surface area (Å²) < 4.78 is 37.9. The lowest BCUT2D eigenvalue weighted by Crippen LogP contribution is -2.40. The molecule has 1 N–H and O–H groups in total. The summed E-state index contributed by atoms with van der Waals surface area (Å²) in [6.45, 7) is 1.63. The molecule has 0 atom stereocenters. The second-order valence-corrected chi connectivity index (χ2v) is 6.32. The summed E-state index contributed by atoms with van der Waals surface area (Å²) in [5, 5.41) is 3.10. The van der Waals surface area contributed by atoms with Crippen LogP contribution < -0.4 is 5.32 Å². The Morgan fingerprint density at radius 2 is 1.68 bits per heavy atom. The highest BCUT2D eigenvalue weighted by Crippen LogP contribution is 2.32. The molecule has 2 heterocycles. The molecule has 2 aromatic carbocycles. The van der Waals surface area contributed by atoms with Gasteiger partial charge < -0.3 is 19.4 Å². The molecular formula is C20H16F2N2O4. The van der Waals surface area contributed by atoms with E-state index in [9.17, 15) is 18.4 Å². The van der Waals surface area contributed by atoms with Gasteiger partial charge in [0, 0.05) is 30.1 Å². The number of para-hydroxylation sites is 1. The highest BCUT2D eigenvalue weighted by atomic mass is 19.1. The predicted molar refractivity (Wildman–Crippen MR) is 97.2 cm³/mol. The Hall–Kier alpha value is -3.26. The van der Waals surface area contributed by atoms with Crippen molar-refractivity contribution in [1.82, 2.24) is 4.90 Å². The second-order valence-electron chi connectivity index (χ2n) is 6.32. The number of benzene rings is 2. The molecule has 2 amide bonds. The van der Waals surface area contributed by atoms with Crippen molar-refractivity contribution in [2.45, 2.75) is 0 Å². The summed E-state index contributed by atoms with van der Waals surface area (Å²) in [6.07, 6.45) is 0. The first-order chi connectivity index (χ1) is 13.5. The van der Waals surface area contributed by atoms with Crippen molar-refractivity contribution >= 4 is 28.5 Å². The fraction of sp³-hybridized carbons (Fsp3) is 0.200. The highest BCUT2D eigenvalue weighted by Gasteiger charge is 2.27. The van der Waals surface area contributed by atoms with Gasteiger partial charge in [-0.2, -0.15) is 0 Å². The van der Waals surface area contributed by atoms with E-state index in [-0.39, 0.29) is 22.9 Å². The van der Waals surface area contributed by atoms with Gasteiger partial charge in [0.1, 0.15) is 22.9 Å². The molecule has 0 aliphatic carbocycles. The number of rotatable bonds is 3. The Kier molecular flexibility index (Phi) is 4.79. The Balaban J connectivity index is 1.72. The van der Waals surface area contributed by atoms with Crippen LogP contribution in [0.4, 0.5) is 14.5 Å². The van der Waals surface area contributed by atoms with Crippen LogP contribution in [0.15, 0.2) is 46.9 Å². The zero-order chi connectivity index (χ0) is 19.7. The third-order valence-electron chi connectivity index (χ3n) is 4.45. The van der Waals surface area contributed by atoms with Crippen molar-refractivity contribution in [3.05, 3.63) is 65.4 Å². The summed E-state index contributed by atoms with van der Waals surface area (Å²) in [4.78, 5) is 27.1. The van der Waals surface area contributed by atoms with Gasteiger partial charge in [0.25, 0.3) is 11.8 Å². The van der Waals surface area contributed by atoms with Gasteiger partial charge in [-0.05, 0) is 24.3 Å². The molecule has 1 aromatic heterocycles. The number of halogens is 2. The number of fused-ring (bicyclic) bond motifs is 1. The third-order valence-corrected chi connectivity index (χ3v) is 4.45. The van der Waals surface area contributed by atoms with Crippen LogP contribution in [0.2, 0.25) is 0 Å². The molecule has 0 saturated carbocycles. The number of hydrogen-bond acceptors (Lipinski definition) is 4. The van der Waals surface area contributed by atoms with Gasteiger partial charge in [-0.15, -0.1) is 0 Å². The van der Waals surface area contributed by atoms with E-state index in [1.807, 2.05) is 0 Å². The number of anilines is 1. The fourth-order valence-corrected chi connectivity index (χ4v) is 3.10. The smallest absolute Gasteiger partial charge is 0.291 e. The zero-order valence-electron chi connectivity index (χ0n) is 14.7. The van der Waals surface area contributed by atoms with Gasteiger partial charge in [0.05, 0.1) is 13.2 Å². The van der Waals surface area contributed by atoms with Crippen molar-refractivity contribution in [1.29, 1.82) is 0 Å². The molecule has 8 heteroatoms. The van der Waals surface area contributed by atoms with Crippen molar-refractivity contribution in [2.75, 3.05) is 31.6 Å². The van der Waals surface area contributed by atoms with Crippen molar-refractivity contribution in [2.24, 2.45) is 0 Å². The first kappa shape index (κ1) is 18.1. The largest absolute Gasteiger partial charge is 0.449 e. The normalized spacial score (nSPS) is 14.3.